The van der Waals surface area contributed by atoms with Crippen LogP contribution >= 0.6 is 0 Å². The van der Waals surface area contributed by atoms with E-state index in [0.717, 1.165) is 38.0 Å². The van der Waals surface area contributed by atoms with E-state index in [1.807, 2.05) is 0 Å². The zero-order valence-electron chi connectivity index (χ0n) is 20.2. The second-order valence-electron chi connectivity index (χ2n) is 9.73. The van der Waals surface area contributed by atoms with Crippen LogP contribution in [0.25, 0.3) is 0 Å². The summed E-state index contributed by atoms with van der Waals surface area (Å²) in [6.45, 7) is 6.77. The number of carbonyl (C=O) groups is 1. The van der Waals surface area contributed by atoms with Crippen molar-refractivity contribution in [1.82, 2.24) is 0 Å². The molecule has 2 heterocycles. The molecule has 0 aliphatic carbocycles. The minimum Gasteiger partial charge on any atom is -0.449 e. The van der Waals surface area contributed by atoms with Gasteiger partial charge in [-0.05, 0) is 53.1 Å². The Kier molecular flexibility index (Phi) is 6.57. The van der Waals surface area contributed by atoms with Crippen LogP contribution in [0, 0.1) is 5.92 Å². The topological polar surface area (TPSA) is 41.6 Å². The monoisotopic (exact) mass is 454 g/mol. The fourth-order valence-electron chi connectivity index (χ4n) is 5.42. The maximum absolute atomic E-state index is 12.6. The van der Waals surface area contributed by atoms with Crippen LogP contribution in [0.1, 0.15) is 67.2 Å². The lowest BCUT2D eigenvalue weighted by molar-refractivity contribution is 0.143. The van der Waals surface area contributed by atoms with Crippen molar-refractivity contribution >= 4 is 17.5 Å². The molecule has 2 aliphatic heterocycles. The third-order valence-electron chi connectivity index (χ3n) is 7.46. The maximum Gasteiger partial charge on any atom is 0.411 e. The Bertz CT molecular complexity index is 1060. The van der Waals surface area contributed by atoms with Gasteiger partial charge in [-0.1, -0.05) is 80.9 Å². The number of hydrogen-bond acceptors (Lipinski definition) is 3. The number of ether oxygens (including phenoxy) is 1. The lowest BCUT2D eigenvalue weighted by atomic mass is 9.76. The number of nitrogens with zero attached hydrogens (tertiary/aromatic N) is 1. The summed E-state index contributed by atoms with van der Waals surface area (Å²) in [7, 11) is 0. The van der Waals surface area contributed by atoms with Crippen LogP contribution in [0.3, 0.4) is 0 Å². The van der Waals surface area contributed by atoms with Crippen LogP contribution in [-0.2, 0) is 4.74 Å². The van der Waals surface area contributed by atoms with Crippen molar-refractivity contribution in [2.24, 2.45) is 5.92 Å². The van der Waals surface area contributed by atoms with Gasteiger partial charge in [0.05, 0.1) is 6.61 Å². The normalized spacial score (nSPS) is 19.8. The first kappa shape index (κ1) is 22.5. The summed E-state index contributed by atoms with van der Waals surface area (Å²) in [5, 5.41) is 3.05. The molecule has 0 aromatic heterocycles. The standard InChI is InChI=1S/C30H34N2O2/c1-3-21(2)20-34-30(33)31-24-18-27-25(22-10-6-4-7-11-22)14-16-32-17-15-26(28(19-24)29(27)32)23-12-8-5-9-13-23/h4-13,18-19,21,25-26H,3,14-17,20H2,1-2H3,(H,31,33). The number of amides is 1. The molecule has 0 saturated heterocycles. The van der Waals surface area contributed by atoms with Crippen molar-refractivity contribution in [3.63, 3.8) is 0 Å². The highest BCUT2D eigenvalue weighted by Crippen LogP contribution is 2.49. The molecule has 4 heteroatoms. The van der Waals surface area contributed by atoms with E-state index in [4.69, 9.17) is 4.74 Å². The fourth-order valence-corrected chi connectivity index (χ4v) is 5.42. The Labute approximate surface area is 202 Å². The highest BCUT2D eigenvalue weighted by molar-refractivity contribution is 5.86. The van der Waals surface area contributed by atoms with Crippen LogP contribution in [0.15, 0.2) is 72.8 Å². The van der Waals surface area contributed by atoms with Crippen molar-refractivity contribution in [3.8, 4) is 0 Å². The smallest absolute Gasteiger partial charge is 0.411 e. The van der Waals surface area contributed by atoms with Crippen molar-refractivity contribution in [1.29, 1.82) is 0 Å². The van der Waals surface area contributed by atoms with Crippen LogP contribution in [0.2, 0.25) is 0 Å². The van der Waals surface area contributed by atoms with E-state index in [9.17, 15) is 4.79 Å². The minimum atomic E-state index is -0.372. The number of nitrogens with one attached hydrogen (secondary N) is 1. The second-order valence-corrected chi connectivity index (χ2v) is 9.73. The van der Waals surface area contributed by atoms with E-state index >= 15 is 0 Å². The first-order valence-electron chi connectivity index (χ1n) is 12.6. The van der Waals surface area contributed by atoms with E-state index < -0.39 is 0 Å². The molecule has 0 bridgehead atoms. The molecule has 3 unspecified atom stereocenters. The lowest BCUT2D eigenvalue weighted by Crippen LogP contribution is -2.37. The predicted octanol–water partition coefficient (Wildman–Crippen LogP) is 7.16. The highest BCUT2D eigenvalue weighted by atomic mass is 16.5. The maximum atomic E-state index is 12.6. The van der Waals surface area contributed by atoms with E-state index in [2.05, 4.69) is 96.9 Å². The molecule has 0 fully saturated rings. The van der Waals surface area contributed by atoms with Gasteiger partial charge in [0.2, 0.25) is 0 Å². The highest BCUT2D eigenvalue weighted by Gasteiger charge is 2.35. The van der Waals surface area contributed by atoms with E-state index in [1.165, 1.54) is 27.9 Å². The minimum absolute atomic E-state index is 0.318. The molecule has 3 aromatic rings. The molecule has 0 spiro atoms. The van der Waals surface area contributed by atoms with Gasteiger partial charge in [0.25, 0.3) is 0 Å². The van der Waals surface area contributed by atoms with Gasteiger partial charge in [0.1, 0.15) is 0 Å². The molecule has 0 saturated carbocycles. The molecule has 1 amide bonds. The molecule has 2 aliphatic rings. The molecule has 3 aromatic carbocycles. The summed E-state index contributed by atoms with van der Waals surface area (Å²) in [4.78, 5) is 15.2. The summed E-state index contributed by atoms with van der Waals surface area (Å²) in [5.41, 5.74) is 7.48. The van der Waals surface area contributed by atoms with Crippen LogP contribution in [0.5, 0.6) is 0 Å². The molecular weight excluding hydrogens is 420 g/mol. The van der Waals surface area contributed by atoms with Crippen molar-refractivity contribution in [2.75, 3.05) is 29.9 Å². The van der Waals surface area contributed by atoms with Crippen LogP contribution < -0.4 is 10.2 Å². The number of benzene rings is 3. The molecule has 34 heavy (non-hydrogen) atoms. The fraction of sp³-hybridized carbons (Fsp3) is 0.367. The Morgan fingerprint density at radius 1 is 0.941 bits per heavy atom. The number of rotatable bonds is 6. The Morgan fingerprint density at radius 2 is 1.47 bits per heavy atom. The largest absolute Gasteiger partial charge is 0.449 e. The Balaban J connectivity index is 1.56. The summed E-state index contributed by atoms with van der Waals surface area (Å²) >= 11 is 0. The van der Waals surface area contributed by atoms with Gasteiger partial charge in [-0.15, -0.1) is 0 Å². The number of carbonyl (C=O) groups excluding carboxylic acids is 1. The van der Waals surface area contributed by atoms with Crippen molar-refractivity contribution < 1.29 is 9.53 Å². The molecular formula is C30H34N2O2. The third kappa shape index (κ3) is 4.54. The molecule has 0 radical (unpaired) electrons. The van der Waals surface area contributed by atoms with E-state index in [-0.39, 0.29) is 6.09 Å². The predicted molar refractivity (Wildman–Crippen MR) is 139 cm³/mol. The zero-order valence-corrected chi connectivity index (χ0v) is 20.2. The van der Waals surface area contributed by atoms with Gasteiger partial charge in [-0.25, -0.2) is 4.79 Å². The molecule has 3 atom stereocenters. The summed E-state index contributed by atoms with van der Waals surface area (Å²) < 4.78 is 5.51. The third-order valence-corrected chi connectivity index (χ3v) is 7.46. The average Bonchev–Trinajstić information content (AvgIpc) is 2.88. The Hall–Kier alpha value is -3.27. The average molecular weight is 455 g/mol. The van der Waals surface area contributed by atoms with Gasteiger partial charge in [-0.3, -0.25) is 5.32 Å². The van der Waals surface area contributed by atoms with Gasteiger partial charge >= 0.3 is 6.09 Å². The van der Waals surface area contributed by atoms with Crippen molar-refractivity contribution in [2.45, 2.75) is 44.9 Å². The van der Waals surface area contributed by atoms with Crippen LogP contribution in [0.4, 0.5) is 16.2 Å². The summed E-state index contributed by atoms with van der Waals surface area (Å²) in [6, 6.07) is 25.9. The van der Waals surface area contributed by atoms with E-state index in [1.54, 1.807) is 0 Å². The first-order chi connectivity index (χ1) is 16.6. The molecule has 1 N–H and O–H groups in total. The van der Waals surface area contributed by atoms with Crippen LogP contribution in [-0.4, -0.2) is 25.8 Å². The van der Waals surface area contributed by atoms with Gasteiger partial charge in [0, 0.05) is 36.3 Å². The quantitative estimate of drug-likeness (QED) is 0.430. The zero-order chi connectivity index (χ0) is 23.5. The lowest BCUT2D eigenvalue weighted by Gasteiger charge is -2.43. The van der Waals surface area contributed by atoms with Crippen molar-refractivity contribution in [3.05, 3.63) is 95.1 Å². The SMILES string of the molecule is CCC(C)COC(=O)Nc1cc2c3c(c1)C(c1ccccc1)CCN3CCC2c1ccccc1. The van der Waals surface area contributed by atoms with Gasteiger partial charge in [-0.2, -0.15) is 0 Å². The summed E-state index contributed by atoms with van der Waals surface area (Å²) in [5.74, 6) is 0.992. The number of anilines is 2. The van der Waals surface area contributed by atoms with E-state index in [0.29, 0.717) is 24.4 Å². The first-order valence-corrected chi connectivity index (χ1v) is 12.6. The Morgan fingerprint density at radius 3 is 1.97 bits per heavy atom. The second kappa shape index (κ2) is 9.92. The molecule has 176 valence electrons. The van der Waals surface area contributed by atoms with Gasteiger partial charge < -0.3 is 9.64 Å². The summed E-state index contributed by atoms with van der Waals surface area (Å²) in [6.07, 6.45) is 2.77. The molecule has 5 rings (SSSR count). The van der Waals surface area contributed by atoms with Gasteiger partial charge in [0.15, 0.2) is 0 Å². The number of hydrogen-bond donors (Lipinski definition) is 1. The molecule has 4 nitrogen and oxygen atoms in total.